The predicted octanol–water partition coefficient (Wildman–Crippen LogP) is 3.22. The molecule has 0 bridgehead atoms. The molecule has 2 heterocycles. The van der Waals surface area contributed by atoms with Crippen LogP contribution >= 0.6 is 15.9 Å². The highest BCUT2D eigenvalue weighted by Crippen LogP contribution is 2.32. The summed E-state index contributed by atoms with van der Waals surface area (Å²) in [6.07, 6.45) is 1.76. The normalized spacial score (nSPS) is 12.9. The molecule has 1 unspecified atom stereocenters. The summed E-state index contributed by atoms with van der Waals surface area (Å²) in [5.74, 6) is 0.875. The van der Waals surface area contributed by atoms with Crippen molar-refractivity contribution in [2.75, 3.05) is 6.54 Å². The van der Waals surface area contributed by atoms with Crippen LogP contribution in [0.5, 0.6) is 0 Å². The minimum Gasteiger partial charge on any atom is -0.469 e. The van der Waals surface area contributed by atoms with Gasteiger partial charge in [0.1, 0.15) is 5.76 Å². The maximum atomic E-state index is 11.4. The average Bonchev–Trinajstić information content (AvgIpc) is 3.00. The van der Waals surface area contributed by atoms with Crippen molar-refractivity contribution in [3.8, 4) is 0 Å². The van der Waals surface area contributed by atoms with Crippen molar-refractivity contribution in [1.29, 1.82) is 0 Å². The fourth-order valence-corrected chi connectivity index (χ4v) is 3.09. The van der Waals surface area contributed by atoms with Gasteiger partial charge >= 0.3 is 5.69 Å². The van der Waals surface area contributed by atoms with Gasteiger partial charge in [0, 0.05) is 10.0 Å². The highest BCUT2D eigenvalue weighted by molar-refractivity contribution is 9.10. The molecule has 0 spiro atoms. The van der Waals surface area contributed by atoms with Gasteiger partial charge in [-0.1, -0.05) is 22.9 Å². The van der Waals surface area contributed by atoms with E-state index in [1.807, 2.05) is 25.1 Å². The van der Waals surface area contributed by atoms with Crippen LogP contribution in [0.4, 0.5) is 0 Å². The van der Waals surface area contributed by atoms with E-state index in [0.29, 0.717) is 0 Å². The Hall–Kier alpha value is -1.79. The number of hydrogen-bond acceptors (Lipinski definition) is 3. The van der Waals surface area contributed by atoms with Gasteiger partial charge in [-0.2, -0.15) is 0 Å². The molecule has 0 fully saturated rings. The summed E-state index contributed by atoms with van der Waals surface area (Å²) in [7, 11) is 0. The SMILES string of the molecule is CCNC(c1coc(C)c1)c1cc2[nH]c(=O)[nH]c2cc1Br. The molecule has 0 aliphatic heterocycles. The first-order chi connectivity index (χ1) is 10.1. The van der Waals surface area contributed by atoms with Crippen LogP contribution in [0.2, 0.25) is 0 Å². The molecule has 0 amide bonds. The minimum absolute atomic E-state index is 0.00428. The molecule has 3 N–H and O–H groups in total. The van der Waals surface area contributed by atoms with Gasteiger partial charge in [0.2, 0.25) is 0 Å². The van der Waals surface area contributed by atoms with Crippen LogP contribution in [0, 0.1) is 6.92 Å². The smallest absolute Gasteiger partial charge is 0.323 e. The van der Waals surface area contributed by atoms with E-state index in [1.54, 1.807) is 6.26 Å². The third kappa shape index (κ3) is 2.69. The highest BCUT2D eigenvalue weighted by Gasteiger charge is 2.19. The van der Waals surface area contributed by atoms with E-state index in [2.05, 4.69) is 38.1 Å². The summed E-state index contributed by atoms with van der Waals surface area (Å²) in [4.78, 5) is 17.0. The van der Waals surface area contributed by atoms with Crippen molar-refractivity contribution in [3.63, 3.8) is 0 Å². The molecule has 110 valence electrons. The number of hydrogen-bond donors (Lipinski definition) is 3. The first kappa shape index (κ1) is 14.2. The number of imidazole rings is 1. The number of aromatic nitrogens is 2. The van der Waals surface area contributed by atoms with Gasteiger partial charge in [0.15, 0.2) is 0 Å². The third-order valence-electron chi connectivity index (χ3n) is 3.44. The van der Waals surface area contributed by atoms with Gasteiger partial charge in [0.25, 0.3) is 0 Å². The molecule has 0 aliphatic rings. The maximum absolute atomic E-state index is 11.4. The van der Waals surface area contributed by atoms with Crippen LogP contribution < -0.4 is 11.0 Å². The van der Waals surface area contributed by atoms with E-state index in [1.165, 1.54) is 0 Å². The molecular formula is C15H16BrN3O2. The Balaban J connectivity index is 2.14. The van der Waals surface area contributed by atoms with Gasteiger partial charge in [-0.05, 0) is 37.2 Å². The Morgan fingerprint density at radius 3 is 2.62 bits per heavy atom. The Labute approximate surface area is 129 Å². The van der Waals surface area contributed by atoms with Crippen LogP contribution in [0.15, 0.2) is 38.1 Å². The zero-order chi connectivity index (χ0) is 15.0. The number of halogens is 1. The Morgan fingerprint density at radius 1 is 1.29 bits per heavy atom. The first-order valence-corrected chi connectivity index (χ1v) is 7.57. The molecule has 5 nitrogen and oxygen atoms in total. The summed E-state index contributed by atoms with van der Waals surface area (Å²) >= 11 is 3.59. The van der Waals surface area contributed by atoms with Crippen LogP contribution in [0.3, 0.4) is 0 Å². The number of furan rings is 1. The molecule has 0 radical (unpaired) electrons. The van der Waals surface area contributed by atoms with Crippen molar-refractivity contribution in [2.24, 2.45) is 0 Å². The number of aryl methyl sites for hydroxylation is 1. The third-order valence-corrected chi connectivity index (χ3v) is 4.12. The zero-order valence-corrected chi connectivity index (χ0v) is 13.4. The van der Waals surface area contributed by atoms with Crippen molar-refractivity contribution in [1.82, 2.24) is 15.3 Å². The average molecular weight is 350 g/mol. The molecule has 1 aromatic carbocycles. The van der Waals surface area contributed by atoms with E-state index in [0.717, 1.165) is 38.9 Å². The van der Waals surface area contributed by atoms with Crippen molar-refractivity contribution in [2.45, 2.75) is 19.9 Å². The quantitative estimate of drug-likeness (QED) is 0.676. The topological polar surface area (TPSA) is 73.8 Å². The summed E-state index contributed by atoms with van der Waals surface area (Å²) in [5.41, 5.74) is 3.50. The lowest BCUT2D eigenvalue weighted by Crippen LogP contribution is -2.22. The Morgan fingerprint density at radius 2 is 2.00 bits per heavy atom. The molecule has 2 aromatic heterocycles. The van der Waals surface area contributed by atoms with Gasteiger partial charge in [0.05, 0.1) is 23.3 Å². The predicted molar refractivity (Wildman–Crippen MR) is 85.6 cm³/mol. The second-order valence-electron chi connectivity index (χ2n) is 4.98. The number of H-pyrrole nitrogens is 2. The summed E-state index contributed by atoms with van der Waals surface area (Å²) < 4.78 is 6.37. The van der Waals surface area contributed by atoms with E-state index in [4.69, 9.17) is 4.42 Å². The largest absolute Gasteiger partial charge is 0.469 e. The monoisotopic (exact) mass is 349 g/mol. The highest BCUT2D eigenvalue weighted by atomic mass is 79.9. The zero-order valence-electron chi connectivity index (χ0n) is 11.8. The molecule has 3 rings (SSSR count). The first-order valence-electron chi connectivity index (χ1n) is 6.78. The number of aromatic amines is 2. The van der Waals surface area contributed by atoms with Crippen molar-refractivity contribution in [3.05, 3.63) is 56.3 Å². The molecular weight excluding hydrogens is 334 g/mol. The number of benzene rings is 1. The van der Waals surface area contributed by atoms with Crippen molar-refractivity contribution < 1.29 is 4.42 Å². The standard InChI is InChI=1S/C15H16BrN3O2/c1-3-17-14(9-4-8(2)21-7-9)10-5-12-13(6-11(10)16)19-15(20)18-12/h4-7,14,17H,3H2,1-2H3,(H2,18,19,20). The molecule has 6 heteroatoms. The molecule has 0 aliphatic carbocycles. The molecule has 3 aromatic rings. The second-order valence-corrected chi connectivity index (χ2v) is 5.83. The molecule has 0 saturated carbocycles. The molecule has 0 saturated heterocycles. The van der Waals surface area contributed by atoms with Gasteiger partial charge in [-0.3, -0.25) is 0 Å². The number of fused-ring (bicyclic) bond motifs is 1. The Kier molecular flexibility index (Phi) is 3.73. The van der Waals surface area contributed by atoms with Crippen molar-refractivity contribution >= 4 is 27.0 Å². The summed E-state index contributed by atoms with van der Waals surface area (Å²) in [5, 5.41) is 3.45. The molecule has 1 atom stereocenters. The fourth-order valence-electron chi connectivity index (χ4n) is 2.52. The van der Waals surface area contributed by atoms with Gasteiger partial charge < -0.3 is 19.7 Å². The lowest BCUT2D eigenvalue weighted by molar-refractivity contribution is 0.525. The summed E-state index contributed by atoms with van der Waals surface area (Å²) in [6.45, 7) is 4.81. The number of rotatable bonds is 4. The van der Waals surface area contributed by atoms with Gasteiger partial charge in [-0.25, -0.2) is 4.79 Å². The lowest BCUT2D eigenvalue weighted by atomic mass is 10.0. The van der Waals surface area contributed by atoms with E-state index in [-0.39, 0.29) is 11.7 Å². The van der Waals surface area contributed by atoms with E-state index < -0.39 is 0 Å². The van der Waals surface area contributed by atoms with Gasteiger partial charge in [-0.15, -0.1) is 0 Å². The number of nitrogens with one attached hydrogen (secondary N) is 3. The maximum Gasteiger partial charge on any atom is 0.323 e. The Bertz CT molecular complexity index is 831. The minimum atomic E-state index is -0.201. The van der Waals surface area contributed by atoms with Crippen LogP contribution in [-0.2, 0) is 0 Å². The van der Waals surface area contributed by atoms with Crippen LogP contribution in [0.1, 0.15) is 29.9 Å². The van der Waals surface area contributed by atoms with Crippen LogP contribution in [-0.4, -0.2) is 16.5 Å². The summed E-state index contributed by atoms with van der Waals surface area (Å²) in [6, 6.07) is 5.92. The molecule has 21 heavy (non-hydrogen) atoms. The van der Waals surface area contributed by atoms with Crippen LogP contribution in [0.25, 0.3) is 11.0 Å². The van der Waals surface area contributed by atoms with E-state index in [9.17, 15) is 4.79 Å². The van der Waals surface area contributed by atoms with E-state index >= 15 is 0 Å². The second kappa shape index (κ2) is 5.54. The fraction of sp³-hybridized carbons (Fsp3) is 0.267. The lowest BCUT2D eigenvalue weighted by Gasteiger charge is -2.18.